The number of fused-ring (bicyclic) bond motifs is 5. The van der Waals surface area contributed by atoms with E-state index in [9.17, 15) is 0 Å². The highest BCUT2D eigenvalue weighted by Crippen LogP contribution is 2.49. The summed E-state index contributed by atoms with van der Waals surface area (Å²) in [7, 11) is 0. The van der Waals surface area contributed by atoms with Gasteiger partial charge in [0.05, 0.1) is 11.4 Å². The smallest absolute Gasteiger partial charge is 0.0546 e. The summed E-state index contributed by atoms with van der Waals surface area (Å²) >= 11 is 0. The normalized spacial score (nSPS) is 15.2. The van der Waals surface area contributed by atoms with Crippen LogP contribution in [0.25, 0.3) is 32.3 Å². The van der Waals surface area contributed by atoms with E-state index in [4.69, 9.17) is 0 Å². The topological polar surface area (TPSA) is 6.48 Å². The van der Waals surface area contributed by atoms with Crippen molar-refractivity contribution in [2.24, 2.45) is 0 Å². The van der Waals surface area contributed by atoms with Crippen LogP contribution in [-0.4, -0.2) is 0 Å². The van der Waals surface area contributed by atoms with Crippen LogP contribution in [0.15, 0.2) is 146 Å². The lowest BCUT2D eigenvalue weighted by Crippen LogP contribution is -2.13. The van der Waals surface area contributed by atoms with Crippen LogP contribution in [0.2, 0.25) is 0 Å². The second kappa shape index (κ2) is 19.6. The highest BCUT2D eigenvalue weighted by molar-refractivity contribution is 6.24. The van der Waals surface area contributed by atoms with Crippen molar-refractivity contribution in [3.05, 3.63) is 179 Å². The maximum absolute atomic E-state index is 2.55. The van der Waals surface area contributed by atoms with E-state index in [2.05, 4.69) is 211 Å². The Morgan fingerprint density at radius 3 is 0.897 bits per heavy atom. The third kappa shape index (κ3) is 9.09. The van der Waals surface area contributed by atoms with Crippen LogP contribution in [0.5, 0.6) is 0 Å². The van der Waals surface area contributed by atoms with Crippen molar-refractivity contribution in [1.29, 1.82) is 0 Å². The van der Waals surface area contributed by atoms with Gasteiger partial charge in [-0.1, -0.05) is 167 Å². The zero-order valence-electron chi connectivity index (χ0n) is 42.3. The van der Waals surface area contributed by atoms with Gasteiger partial charge in [-0.15, -0.1) is 0 Å². The van der Waals surface area contributed by atoms with Crippen molar-refractivity contribution in [2.75, 3.05) is 9.80 Å². The summed E-state index contributed by atoms with van der Waals surface area (Å²) in [6.07, 6.45) is 13.3. The van der Waals surface area contributed by atoms with E-state index in [-0.39, 0.29) is 0 Å². The molecule has 0 atom stereocenters. The lowest BCUT2D eigenvalue weighted by atomic mass is 9.84. The zero-order valence-corrected chi connectivity index (χ0v) is 42.3. The number of hydrogen-bond donors (Lipinski definition) is 0. The van der Waals surface area contributed by atoms with Gasteiger partial charge in [0.1, 0.15) is 0 Å². The average Bonchev–Trinajstić information content (AvgIpc) is 3.37. The summed E-state index contributed by atoms with van der Waals surface area (Å²) in [6, 6.07) is 57.8. The van der Waals surface area contributed by atoms with Gasteiger partial charge in [0.2, 0.25) is 0 Å². The molecule has 2 aliphatic carbocycles. The van der Waals surface area contributed by atoms with Crippen LogP contribution in [0, 0.1) is 0 Å². The molecule has 0 N–H and O–H groups in total. The number of anilines is 6. The molecule has 0 spiro atoms. The van der Waals surface area contributed by atoms with Crippen molar-refractivity contribution in [3.63, 3.8) is 0 Å². The third-order valence-electron chi connectivity index (χ3n) is 16.0. The van der Waals surface area contributed by atoms with Crippen molar-refractivity contribution < 1.29 is 0 Å². The van der Waals surface area contributed by atoms with Crippen LogP contribution in [0.4, 0.5) is 34.1 Å². The lowest BCUT2D eigenvalue weighted by Gasteiger charge is -2.31. The molecular formula is C66H74N2. The van der Waals surface area contributed by atoms with Crippen molar-refractivity contribution in [2.45, 2.75) is 155 Å². The van der Waals surface area contributed by atoms with Gasteiger partial charge in [0, 0.05) is 33.5 Å². The molecule has 2 aliphatic rings. The van der Waals surface area contributed by atoms with Crippen LogP contribution < -0.4 is 9.80 Å². The van der Waals surface area contributed by atoms with Gasteiger partial charge in [-0.3, -0.25) is 0 Å². The molecule has 0 bridgehead atoms. The summed E-state index contributed by atoms with van der Waals surface area (Å²) in [5.41, 5.74) is 15.6. The van der Waals surface area contributed by atoms with E-state index in [1.807, 2.05) is 0 Å². The Morgan fingerprint density at radius 2 is 0.588 bits per heavy atom. The molecular weight excluding hydrogens is 821 g/mol. The molecule has 0 amide bonds. The Balaban J connectivity index is 1.24. The van der Waals surface area contributed by atoms with Crippen molar-refractivity contribution >= 4 is 66.4 Å². The molecule has 348 valence electrons. The summed E-state index contributed by atoms with van der Waals surface area (Å²) in [5, 5.41) is 7.68. The minimum atomic E-state index is 0.388. The highest BCUT2D eigenvalue weighted by atomic mass is 15.2. The molecule has 8 aromatic rings. The molecule has 8 aromatic carbocycles. The van der Waals surface area contributed by atoms with Gasteiger partial charge < -0.3 is 9.80 Å². The Morgan fingerprint density at radius 1 is 0.294 bits per heavy atom. The van der Waals surface area contributed by atoms with Crippen LogP contribution in [-0.2, 0) is 0 Å². The second-order valence-corrected chi connectivity index (χ2v) is 21.8. The predicted molar refractivity (Wildman–Crippen MR) is 296 cm³/mol. The van der Waals surface area contributed by atoms with Crippen LogP contribution >= 0.6 is 0 Å². The number of benzene rings is 8. The first-order chi connectivity index (χ1) is 33.0. The van der Waals surface area contributed by atoms with Gasteiger partial charge >= 0.3 is 0 Å². The molecule has 0 saturated heterocycles. The van der Waals surface area contributed by atoms with E-state index >= 15 is 0 Å². The maximum atomic E-state index is 2.55. The van der Waals surface area contributed by atoms with E-state index in [0.717, 1.165) is 0 Å². The Kier molecular flexibility index (Phi) is 13.2. The first-order valence-electron chi connectivity index (χ1n) is 26.5. The monoisotopic (exact) mass is 895 g/mol. The third-order valence-corrected chi connectivity index (χ3v) is 16.0. The first-order valence-corrected chi connectivity index (χ1v) is 26.5. The van der Waals surface area contributed by atoms with E-state index in [0.29, 0.717) is 35.5 Å². The second-order valence-electron chi connectivity index (χ2n) is 21.8. The number of nitrogens with zero attached hydrogens (tertiary/aromatic N) is 2. The molecule has 2 fully saturated rings. The van der Waals surface area contributed by atoms with E-state index in [1.54, 1.807) is 0 Å². The van der Waals surface area contributed by atoms with E-state index in [1.165, 1.54) is 164 Å². The summed E-state index contributed by atoms with van der Waals surface area (Å²) in [6.45, 7) is 18.5. The minimum Gasteiger partial charge on any atom is -0.310 e. The van der Waals surface area contributed by atoms with Gasteiger partial charge in [-0.25, -0.2) is 0 Å². The fourth-order valence-electron chi connectivity index (χ4n) is 11.7. The minimum absolute atomic E-state index is 0.388. The SMILES string of the molecule is CC(C)c1ccc(N(c2ccc(C3CCCCC3)cc2)c2cc3c4ccc(C(C)C)cc4c(N(c4ccc(C(C)C)cc4)c4ccc(C5CCCCC5)cc4)cc3c3ccc(C(C)C)cc23)cc1. The molecule has 0 heterocycles. The molecule has 2 saturated carbocycles. The Bertz CT molecular complexity index is 2790. The number of rotatable bonds is 12. The molecule has 10 rings (SSSR count). The molecule has 0 unspecified atom stereocenters. The van der Waals surface area contributed by atoms with E-state index < -0.39 is 0 Å². The fourth-order valence-corrected chi connectivity index (χ4v) is 11.7. The zero-order chi connectivity index (χ0) is 47.1. The van der Waals surface area contributed by atoms with Gasteiger partial charge in [0.25, 0.3) is 0 Å². The summed E-state index contributed by atoms with van der Waals surface area (Å²) < 4.78 is 0. The van der Waals surface area contributed by atoms with Crippen molar-refractivity contribution in [3.8, 4) is 0 Å². The molecule has 68 heavy (non-hydrogen) atoms. The molecule has 0 radical (unpaired) electrons. The summed E-state index contributed by atoms with van der Waals surface area (Å²) in [5.74, 6) is 3.01. The van der Waals surface area contributed by atoms with Gasteiger partial charge in [0.15, 0.2) is 0 Å². The predicted octanol–water partition coefficient (Wildman–Crippen LogP) is 20.7. The Hall–Kier alpha value is -5.86. The average molecular weight is 895 g/mol. The van der Waals surface area contributed by atoms with Crippen molar-refractivity contribution in [1.82, 2.24) is 0 Å². The summed E-state index contributed by atoms with van der Waals surface area (Å²) in [4.78, 5) is 5.11. The quantitative estimate of drug-likeness (QED) is 0.113. The maximum Gasteiger partial charge on any atom is 0.0546 e. The van der Waals surface area contributed by atoms with Gasteiger partial charge in [-0.2, -0.15) is 0 Å². The lowest BCUT2D eigenvalue weighted by molar-refractivity contribution is 0.443. The highest BCUT2D eigenvalue weighted by Gasteiger charge is 2.25. The number of hydrogen-bond acceptors (Lipinski definition) is 2. The standard InChI is InChI=1S/C66H74N2/c1-43(2)47-19-29-55(30-20-47)67(57-33-23-51(24-34-57)49-15-11-9-12-16-49)65-41-61-60-38-28-54(46(7)8)40-64(60)66(42-62(61)59-37-27-53(45(5)6)39-63(59)65)68(56-31-21-48(22-32-56)44(3)4)58-35-25-52(26-36-58)50-17-13-10-14-18-50/h19-46,49-50H,9-18H2,1-8H3. The van der Waals surface area contributed by atoms with Gasteiger partial charge in [-0.05, 0) is 189 Å². The molecule has 0 aromatic heterocycles. The molecule has 2 nitrogen and oxygen atoms in total. The van der Waals surface area contributed by atoms with Crippen LogP contribution in [0.3, 0.4) is 0 Å². The molecule has 2 heteroatoms. The fraction of sp³-hybridized carbons (Fsp3) is 0.364. The van der Waals surface area contributed by atoms with Crippen LogP contribution in [0.1, 0.15) is 188 Å². The Labute approximate surface area is 408 Å². The molecule has 0 aliphatic heterocycles. The largest absolute Gasteiger partial charge is 0.310 e. The first kappa shape index (κ1) is 45.9.